The average molecular weight is 112 g/mol. The lowest BCUT2D eigenvalue weighted by Crippen LogP contribution is -2.18. The van der Waals surface area contributed by atoms with Crippen LogP contribution in [0.4, 0.5) is 0 Å². The van der Waals surface area contributed by atoms with Crippen LogP contribution < -0.4 is 11.3 Å². The Balaban J connectivity index is 3.70. The van der Waals surface area contributed by atoms with Crippen LogP contribution in [0.3, 0.4) is 0 Å². The van der Waals surface area contributed by atoms with Gasteiger partial charge in [0.1, 0.15) is 0 Å². The summed E-state index contributed by atoms with van der Waals surface area (Å²) >= 11 is 0. The summed E-state index contributed by atoms with van der Waals surface area (Å²) in [6.45, 7) is 7.58. The van der Waals surface area contributed by atoms with E-state index in [1.54, 1.807) is 0 Å². The van der Waals surface area contributed by atoms with E-state index in [0.717, 1.165) is 5.70 Å². The van der Waals surface area contributed by atoms with Crippen molar-refractivity contribution in [1.82, 2.24) is 5.43 Å². The first-order valence-electron chi connectivity index (χ1n) is 2.47. The molecule has 0 amide bonds. The van der Waals surface area contributed by atoms with Gasteiger partial charge in [0.25, 0.3) is 0 Å². The molecule has 3 N–H and O–H groups in total. The Bertz CT molecular complexity index is 110. The van der Waals surface area contributed by atoms with Crippen LogP contribution in [0.5, 0.6) is 0 Å². The van der Waals surface area contributed by atoms with E-state index in [1.807, 2.05) is 19.9 Å². The van der Waals surface area contributed by atoms with Gasteiger partial charge in [-0.2, -0.15) is 0 Å². The molecule has 0 aromatic heterocycles. The van der Waals surface area contributed by atoms with Gasteiger partial charge in [0.15, 0.2) is 0 Å². The summed E-state index contributed by atoms with van der Waals surface area (Å²) in [5.74, 6) is 5.03. The zero-order chi connectivity index (χ0) is 6.57. The number of nitrogens with two attached hydrogens (primary N) is 1. The van der Waals surface area contributed by atoms with Gasteiger partial charge < -0.3 is 5.43 Å². The normalized spacial score (nSPS) is 7.88. The van der Waals surface area contributed by atoms with Crippen LogP contribution in [0.1, 0.15) is 13.8 Å². The molecule has 0 atom stereocenters. The summed E-state index contributed by atoms with van der Waals surface area (Å²) in [5.41, 5.74) is 4.35. The van der Waals surface area contributed by atoms with Crippen LogP contribution in [0.25, 0.3) is 0 Å². The molecule has 0 heterocycles. The number of hydrogen-bond acceptors (Lipinski definition) is 2. The highest BCUT2D eigenvalue weighted by Gasteiger charge is 1.79. The molecular formula is C6H12N2. The SMILES string of the molecule is C=C(C=C(C)C)NN. The predicted octanol–water partition coefficient (Wildman–Crippen LogP) is 0.930. The molecular weight excluding hydrogens is 100 g/mol. The molecule has 0 aromatic carbocycles. The van der Waals surface area contributed by atoms with Gasteiger partial charge in [-0.1, -0.05) is 12.2 Å². The molecule has 0 saturated carbocycles. The number of hydrazine groups is 1. The van der Waals surface area contributed by atoms with E-state index in [0.29, 0.717) is 0 Å². The van der Waals surface area contributed by atoms with E-state index in [-0.39, 0.29) is 0 Å². The quantitative estimate of drug-likeness (QED) is 0.317. The van der Waals surface area contributed by atoms with Crippen LogP contribution >= 0.6 is 0 Å². The predicted molar refractivity (Wildman–Crippen MR) is 35.9 cm³/mol. The smallest absolute Gasteiger partial charge is 0.0412 e. The van der Waals surface area contributed by atoms with Gasteiger partial charge in [0.2, 0.25) is 0 Å². The molecule has 2 nitrogen and oxygen atoms in total. The third kappa shape index (κ3) is 3.43. The summed E-state index contributed by atoms with van der Waals surface area (Å²) < 4.78 is 0. The summed E-state index contributed by atoms with van der Waals surface area (Å²) in [7, 11) is 0. The summed E-state index contributed by atoms with van der Waals surface area (Å²) in [6.07, 6.45) is 1.88. The fraction of sp³-hybridized carbons (Fsp3) is 0.333. The number of nitrogens with one attached hydrogen (secondary N) is 1. The van der Waals surface area contributed by atoms with E-state index < -0.39 is 0 Å². The maximum atomic E-state index is 5.03. The second kappa shape index (κ2) is 3.27. The van der Waals surface area contributed by atoms with Crippen LogP contribution in [0, 0.1) is 0 Å². The molecule has 0 rings (SSSR count). The zero-order valence-electron chi connectivity index (χ0n) is 5.36. The topological polar surface area (TPSA) is 38.0 Å². The zero-order valence-corrected chi connectivity index (χ0v) is 5.36. The third-order valence-corrected chi connectivity index (χ3v) is 0.648. The minimum absolute atomic E-state index is 0.741. The molecule has 0 saturated heterocycles. The largest absolute Gasteiger partial charge is 0.325 e. The lowest BCUT2D eigenvalue weighted by atomic mass is 10.3. The standard InChI is InChI=1S/C6H12N2/c1-5(2)4-6(3)8-7/h4,8H,3,7H2,1-2H3. The number of rotatable bonds is 2. The average Bonchev–Trinajstić information content (AvgIpc) is 1.65. The first-order chi connectivity index (χ1) is 3.66. The minimum Gasteiger partial charge on any atom is -0.325 e. The summed E-state index contributed by atoms with van der Waals surface area (Å²) in [5, 5.41) is 0. The van der Waals surface area contributed by atoms with Crippen molar-refractivity contribution in [1.29, 1.82) is 0 Å². The Morgan fingerprint density at radius 2 is 2.12 bits per heavy atom. The van der Waals surface area contributed by atoms with Crippen molar-refractivity contribution < 1.29 is 0 Å². The summed E-state index contributed by atoms with van der Waals surface area (Å²) in [4.78, 5) is 0. The Morgan fingerprint density at radius 1 is 1.62 bits per heavy atom. The van der Waals surface area contributed by atoms with Crippen LogP contribution in [0.15, 0.2) is 23.9 Å². The van der Waals surface area contributed by atoms with Crippen molar-refractivity contribution >= 4 is 0 Å². The lowest BCUT2D eigenvalue weighted by Gasteiger charge is -1.95. The van der Waals surface area contributed by atoms with Crippen molar-refractivity contribution in [3.63, 3.8) is 0 Å². The summed E-state index contributed by atoms with van der Waals surface area (Å²) in [6, 6.07) is 0. The molecule has 46 valence electrons. The second-order valence-corrected chi connectivity index (χ2v) is 1.89. The van der Waals surface area contributed by atoms with Gasteiger partial charge in [0.05, 0.1) is 0 Å². The Kier molecular flexibility index (Phi) is 2.96. The first-order valence-corrected chi connectivity index (χ1v) is 2.47. The Hall–Kier alpha value is -0.760. The third-order valence-electron chi connectivity index (χ3n) is 0.648. The Morgan fingerprint density at radius 3 is 2.25 bits per heavy atom. The molecule has 2 heteroatoms. The van der Waals surface area contributed by atoms with Crippen molar-refractivity contribution in [2.75, 3.05) is 0 Å². The molecule has 0 bridgehead atoms. The number of allylic oxidation sites excluding steroid dienone is 2. The van der Waals surface area contributed by atoms with Crippen LogP contribution in [-0.4, -0.2) is 0 Å². The van der Waals surface area contributed by atoms with Gasteiger partial charge in [-0.3, -0.25) is 5.84 Å². The van der Waals surface area contributed by atoms with Crippen molar-refractivity contribution in [2.45, 2.75) is 13.8 Å². The van der Waals surface area contributed by atoms with Gasteiger partial charge in [-0.15, -0.1) is 0 Å². The molecule has 0 fully saturated rings. The fourth-order valence-electron chi connectivity index (χ4n) is 0.390. The van der Waals surface area contributed by atoms with Crippen molar-refractivity contribution in [2.24, 2.45) is 5.84 Å². The highest BCUT2D eigenvalue weighted by Crippen LogP contribution is 1.92. The molecule has 0 radical (unpaired) electrons. The molecule has 0 aromatic rings. The molecule has 0 aliphatic carbocycles. The maximum absolute atomic E-state index is 5.03. The van der Waals surface area contributed by atoms with Gasteiger partial charge in [0, 0.05) is 5.70 Å². The van der Waals surface area contributed by atoms with E-state index >= 15 is 0 Å². The van der Waals surface area contributed by atoms with Crippen LogP contribution in [0.2, 0.25) is 0 Å². The highest BCUT2D eigenvalue weighted by atomic mass is 15.2. The first kappa shape index (κ1) is 7.24. The number of hydrogen-bond donors (Lipinski definition) is 2. The second-order valence-electron chi connectivity index (χ2n) is 1.89. The molecule has 0 unspecified atom stereocenters. The van der Waals surface area contributed by atoms with E-state index in [1.165, 1.54) is 5.57 Å². The van der Waals surface area contributed by atoms with E-state index in [4.69, 9.17) is 5.84 Å². The van der Waals surface area contributed by atoms with E-state index in [9.17, 15) is 0 Å². The van der Waals surface area contributed by atoms with Crippen molar-refractivity contribution in [3.05, 3.63) is 23.9 Å². The monoisotopic (exact) mass is 112 g/mol. The van der Waals surface area contributed by atoms with Gasteiger partial charge in [-0.25, -0.2) is 0 Å². The molecule has 0 aliphatic rings. The highest BCUT2D eigenvalue weighted by molar-refractivity contribution is 5.15. The minimum atomic E-state index is 0.741. The molecule has 0 aliphatic heterocycles. The molecule has 8 heavy (non-hydrogen) atoms. The van der Waals surface area contributed by atoms with Gasteiger partial charge >= 0.3 is 0 Å². The Labute approximate surface area is 50.0 Å². The van der Waals surface area contributed by atoms with Crippen molar-refractivity contribution in [3.8, 4) is 0 Å². The van der Waals surface area contributed by atoms with Gasteiger partial charge in [-0.05, 0) is 19.9 Å². The lowest BCUT2D eigenvalue weighted by molar-refractivity contribution is 0.918. The molecule has 0 spiro atoms. The van der Waals surface area contributed by atoms with Crippen LogP contribution in [-0.2, 0) is 0 Å². The fourth-order valence-corrected chi connectivity index (χ4v) is 0.390. The maximum Gasteiger partial charge on any atom is 0.0412 e. The van der Waals surface area contributed by atoms with E-state index in [2.05, 4.69) is 12.0 Å².